The minimum Gasteiger partial charge on any atom is -0.507 e. The van der Waals surface area contributed by atoms with Crippen LogP contribution >= 0.6 is 0 Å². The summed E-state index contributed by atoms with van der Waals surface area (Å²) in [4.78, 5) is 30.6. The summed E-state index contributed by atoms with van der Waals surface area (Å²) in [6, 6.07) is 12.9. The van der Waals surface area contributed by atoms with Crippen LogP contribution in [0, 0.1) is 0 Å². The molecule has 2 aromatic carbocycles. The first-order chi connectivity index (χ1) is 17.8. The number of Topliss-reactive ketones (excluding diaryl/α,β-unsaturated/α-hetero) is 1. The Morgan fingerprint density at radius 3 is 2.49 bits per heavy atom. The van der Waals surface area contributed by atoms with Gasteiger partial charge in [-0.3, -0.25) is 14.5 Å². The van der Waals surface area contributed by atoms with Gasteiger partial charge in [-0.05, 0) is 54.2 Å². The number of hydrogen-bond acceptors (Lipinski definition) is 6. The summed E-state index contributed by atoms with van der Waals surface area (Å²) in [5.41, 5.74) is 3.69. The van der Waals surface area contributed by atoms with Crippen LogP contribution in [-0.2, 0) is 20.7 Å². The van der Waals surface area contributed by atoms with Crippen molar-refractivity contribution in [3.8, 4) is 5.75 Å². The fraction of sp³-hybridized carbons (Fsp3) is 0.467. The van der Waals surface area contributed by atoms with Crippen molar-refractivity contribution in [3.05, 3.63) is 70.3 Å². The van der Waals surface area contributed by atoms with Gasteiger partial charge in [0, 0.05) is 38.2 Å². The number of ether oxygens (including phenoxy) is 2. The molecule has 3 aliphatic heterocycles. The number of amides is 1. The topological polar surface area (TPSA) is 79.3 Å². The number of fused-ring (bicyclic) bond motifs is 1. The van der Waals surface area contributed by atoms with E-state index in [9.17, 15) is 14.7 Å². The molecule has 0 radical (unpaired) electrons. The van der Waals surface area contributed by atoms with Gasteiger partial charge in [0.25, 0.3) is 11.7 Å². The van der Waals surface area contributed by atoms with E-state index in [0.29, 0.717) is 18.0 Å². The minimum atomic E-state index is -0.632. The normalized spacial score (nSPS) is 23.5. The summed E-state index contributed by atoms with van der Waals surface area (Å²) >= 11 is 0. The van der Waals surface area contributed by atoms with Crippen LogP contribution in [0.5, 0.6) is 5.75 Å². The summed E-state index contributed by atoms with van der Waals surface area (Å²) < 4.78 is 11.2. The monoisotopic (exact) mass is 504 g/mol. The molecule has 0 aromatic heterocycles. The van der Waals surface area contributed by atoms with E-state index in [-0.39, 0.29) is 17.4 Å². The average molecular weight is 505 g/mol. The maximum atomic E-state index is 13.4. The molecule has 2 aromatic rings. The van der Waals surface area contributed by atoms with E-state index in [1.807, 2.05) is 43.3 Å². The van der Waals surface area contributed by atoms with Crippen LogP contribution in [0.2, 0.25) is 0 Å². The number of hydrogen-bond donors (Lipinski definition) is 1. The first kappa shape index (κ1) is 25.5. The van der Waals surface area contributed by atoms with E-state index in [0.717, 1.165) is 62.6 Å². The Kier molecular flexibility index (Phi) is 7.36. The molecule has 37 heavy (non-hydrogen) atoms. The van der Waals surface area contributed by atoms with Crippen LogP contribution < -0.4 is 4.74 Å². The fourth-order valence-corrected chi connectivity index (χ4v) is 5.53. The first-order valence-corrected chi connectivity index (χ1v) is 13.3. The van der Waals surface area contributed by atoms with E-state index in [1.165, 1.54) is 5.56 Å². The average Bonchev–Trinajstić information content (AvgIpc) is 3.40. The zero-order valence-electron chi connectivity index (χ0n) is 21.9. The largest absolute Gasteiger partial charge is 0.507 e. The number of aliphatic hydroxyl groups is 1. The Bertz CT molecular complexity index is 1200. The highest BCUT2D eigenvalue weighted by Crippen LogP contribution is 2.41. The highest BCUT2D eigenvalue weighted by Gasteiger charge is 2.46. The van der Waals surface area contributed by atoms with Crippen LogP contribution in [-0.4, -0.2) is 72.1 Å². The molecular formula is C30H36N2O5. The van der Waals surface area contributed by atoms with Crippen LogP contribution in [0.1, 0.15) is 61.4 Å². The van der Waals surface area contributed by atoms with Crippen LogP contribution in [0.3, 0.4) is 0 Å². The standard InChI is InChI=1S/C30H36N2O5/c1-19(2)21-5-7-22(8-6-21)27-26(28(33)23-9-10-25-24(18-23)17-20(3)37-25)29(34)30(35)32(27)12-4-11-31-13-15-36-16-14-31/h5-10,18-20,27,33H,4,11-17H2,1-3H3/b28-26+/t20-,27-/m1/s1. The molecule has 2 fully saturated rings. The minimum absolute atomic E-state index is 0.0731. The number of benzene rings is 2. The first-order valence-electron chi connectivity index (χ1n) is 13.3. The van der Waals surface area contributed by atoms with Gasteiger partial charge in [0.2, 0.25) is 0 Å². The Balaban J connectivity index is 1.49. The summed E-state index contributed by atoms with van der Waals surface area (Å²) in [7, 11) is 0. The summed E-state index contributed by atoms with van der Waals surface area (Å²) in [6.07, 6.45) is 1.55. The predicted octanol–water partition coefficient (Wildman–Crippen LogP) is 4.28. The number of carbonyl (C=O) groups excluding carboxylic acids is 2. The third-order valence-corrected chi connectivity index (χ3v) is 7.61. The number of morpholine rings is 1. The van der Waals surface area contributed by atoms with Crippen molar-refractivity contribution in [2.24, 2.45) is 0 Å². The Morgan fingerprint density at radius 2 is 1.78 bits per heavy atom. The number of likely N-dealkylation sites (tertiary alicyclic amines) is 1. The number of rotatable bonds is 7. The van der Waals surface area contributed by atoms with Crippen LogP contribution in [0.25, 0.3) is 5.76 Å². The summed E-state index contributed by atoms with van der Waals surface area (Å²) in [5.74, 6) is -0.154. The number of carbonyl (C=O) groups is 2. The number of nitrogens with zero attached hydrogens (tertiary/aromatic N) is 2. The van der Waals surface area contributed by atoms with E-state index in [1.54, 1.807) is 11.0 Å². The second-order valence-corrected chi connectivity index (χ2v) is 10.6. The van der Waals surface area contributed by atoms with Crippen molar-refractivity contribution in [2.75, 3.05) is 39.4 Å². The SMILES string of the molecule is CC(C)c1ccc([C@@H]2/C(=C(\O)c3ccc4c(c3)C[C@@H](C)O4)C(=O)C(=O)N2CCCN2CCOCC2)cc1. The molecule has 5 rings (SSSR count). The molecule has 0 saturated carbocycles. The predicted molar refractivity (Wildman–Crippen MR) is 142 cm³/mol. The van der Waals surface area contributed by atoms with Crippen molar-refractivity contribution >= 4 is 17.4 Å². The van der Waals surface area contributed by atoms with Crippen molar-refractivity contribution in [1.29, 1.82) is 0 Å². The molecule has 0 aliphatic carbocycles. The molecule has 2 atom stereocenters. The van der Waals surface area contributed by atoms with E-state index < -0.39 is 17.7 Å². The molecule has 0 spiro atoms. The van der Waals surface area contributed by atoms with Gasteiger partial charge < -0.3 is 19.5 Å². The second-order valence-electron chi connectivity index (χ2n) is 10.6. The quantitative estimate of drug-likeness (QED) is 0.345. The maximum Gasteiger partial charge on any atom is 0.295 e. The van der Waals surface area contributed by atoms with E-state index in [4.69, 9.17) is 9.47 Å². The summed E-state index contributed by atoms with van der Waals surface area (Å²) in [6.45, 7) is 10.7. The number of ketones is 1. The zero-order valence-corrected chi connectivity index (χ0v) is 21.9. The van der Waals surface area contributed by atoms with Crippen molar-refractivity contribution in [2.45, 2.75) is 51.7 Å². The lowest BCUT2D eigenvalue weighted by Gasteiger charge is -2.29. The lowest BCUT2D eigenvalue weighted by molar-refractivity contribution is -0.140. The van der Waals surface area contributed by atoms with Gasteiger partial charge >= 0.3 is 0 Å². The highest BCUT2D eigenvalue weighted by molar-refractivity contribution is 6.46. The van der Waals surface area contributed by atoms with Gasteiger partial charge in [0.1, 0.15) is 17.6 Å². The zero-order chi connectivity index (χ0) is 26.1. The molecule has 0 bridgehead atoms. The van der Waals surface area contributed by atoms with Gasteiger partial charge in [0.05, 0.1) is 24.8 Å². The van der Waals surface area contributed by atoms with Gasteiger partial charge in [0.15, 0.2) is 0 Å². The summed E-state index contributed by atoms with van der Waals surface area (Å²) in [5, 5.41) is 11.4. The maximum absolute atomic E-state index is 13.4. The van der Waals surface area contributed by atoms with Crippen molar-refractivity contribution in [1.82, 2.24) is 9.80 Å². The molecule has 3 heterocycles. The smallest absolute Gasteiger partial charge is 0.295 e. The van der Waals surface area contributed by atoms with E-state index in [2.05, 4.69) is 18.7 Å². The Labute approximate surface area is 218 Å². The van der Waals surface area contributed by atoms with Crippen molar-refractivity contribution in [3.63, 3.8) is 0 Å². The van der Waals surface area contributed by atoms with Crippen LogP contribution in [0.4, 0.5) is 0 Å². The van der Waals surface area contributed by atoms with Crippen molar-refractivity contribution < 1.29 is 24.2 Å². The van der Waals surface area contributed by atoms with Gasteiger partial charge in [-0.25, -0.2) is 0 Å². The molecule has 0 unspecified atom stereocenters. The third-order valence-electron chi connectivity index (χ3n) is 7.61. The highest BCUT2D eigenvalue weighted by atomic mass is 16.5. The third kappa shape index (κ3) is 5.15. The Hall–Kier alpha value is -3.16. The molecule has 3 aliphatic rings. The lowest BCUT2D eigenvalue weighted by atomic mass is 9.92. The van der Waals surface area contributed by atoms with Crippen LogP contribution in [0.15, 0.2) is 48.0 Å². The molecule has 1 amide bonds. The molecular weight excluding hydrogens is 468 g/mol. The molecule has 196 valence electrons. The number of aliphatic hydroxyl groups excluding tert-OH is 1. The fourth-order valence-electron chi connectivity index (χ4n) is 5.53. The Morgan fingerprint density at radius 1 is 1.05 bits per heavy atom. The molecule has 2 saturated heterocycles. The second kappa shape index (κ2) is 10.7. The van der Waals surface area contributed by atoms with E-state index >= 15 is 0 Å². The van der Waals surface area contributed by atoms with Gasteiger partial charge in [-0.15, -0.1) is 0 Å². The van der Waals surface area contributed by atoms with Gasteiger partial charge in [-0.2, -0.15) is 0 Å². The molecule has 7 nitrogen and oxygen atoms in total. The molecule has 7 heteroatoms. The van der Waals surface area contributed by atoms with Gasteiger partial charge in [-0.1, -0.05) is 38.1 Å². The molecule has 1 N–H and O–H groups in total. The lowest BCUT2D eigenvalue weighted by Crippen LogP contribution is -2.38.